The summed E-state index contributed by atoms with van der Waals surface area (Å²) in [6.45, 7) is 5.24. The zero-order chi connectivity index (χ0) is 28.6. The third-order valence-electron chi connectivity index (χ3n) is 7.60. The second-order valence-corrected chi connectivity index (χ2v) is 11.0. The van der Waals surface area contributed by atoms with E-state index in [1.54, 1.807) is 35.2 Å². The van der Waals surface area contributed by atoms with Crippen molar-refractivity contribution in [1.82, 2.24) is 4.90 Å². The van der Waals surface area contributed by atoms with Gasteiger partial charge in [-0.3, -0.25) is 0 Å². The Morgan fingerprint density at radius 3 is 1.22 bits per heavy atom. The zero-order valence-corrected chi connectivity index (χ0v) is 25.0. The van der Waals surface area contributed by atoms with Crippen LogP contribution in [-0.4, -0.2) is 149 Å². The van der Waals surface area contributed by atoms with Crippen LogP contribution >= 0.6 is 0 Å². The molecule has 0 aliphatic heterocycles. The second-order valence-electron chi connectivity index (χ2n) is 11.0. The van der Waals surface area contributed by atoms with Gasteiger partial charge in [-0.25, -0.2) is 14.5 Å². The van der Waals surface area contributed by atoms with Gasteiger partial charge in [0.05, 0.1) is 0 Å². The maximum absolute atomic E-state index is 12.5. The summed E-state index contributed by atoms with van der Waals surface area (Å²) in [7, 11) is 0. The minimum absolute atomic E-state index is 0. The monoisotopic (exact) mass is 627 g/mol. The molecule has 0 radical (unpaired) electrons. The molecule has 0 aliphatic rings. The van der Waals surface area contributed by atoms with E-state index in [4.69, 9.17) is 4.74 Å². The number of carboxylic acids is 2. The average Bonchev–Trinajstić information content (AvgIpc) is 2.93. The molecule has 0 saturated heterocycles. The number of hydrogen-bond acceptors (Lipinski definition) is 4. The predicted octanol–water partition coefficient (Wildman–Crippen LogP) is 7.78. The molecular weight excluding hydrogens is 569 g/mol. The van der Waals surface area contributed by atoms with Crippen LogP contribution in [-0.2, 0) is 9.59 Å². The topological polar surface area (TPSA) is 87.1 Å². The maximum atomic E-state index is 12.5. The molecule has 0 amide bonds. The van der Waals surface area contributed by atoms with E-state index in [0.29, 0.717) is 13.1 Å². The fraction of sp³-hybridized carbons (Fsp3) is 0.758. The van der Waals surface area contributed by atoms with Crippen LogP contribution in [0.2, 0.25) is 0 Å². The Labute approximate surface area is 336 Å². The van der Waals surface area contributed by atoms with Crippen molar-refractivity contribution in [1.29, 1.82) is 0 Å². The Morgan fingerprint density at radius 2 is 0.902 bits per heavy atom. The van der Waals surface area contributed by atoms with Gasteiger partial charge >= 0.3 is 120 Å². The van der Waals surface area contributed by atoms with Crippen molar-refractivity contribution in [3.63, 3.8) is 0 Å². The third-order valence-corrected chi connectivity index (χ3v) is 7.60. The number of aliphatic carboxylic acids is 2. The number of hydrogen-bond donors (Lipinski definition) is 2. The van der Waals surface area contributed by atoms with Crippen LogP contribution in [0.4, 0.5) is 0 Å². The zero-order valence-electron chi connectivity index (χ0n) is 25.0. The van der Waals surface area contributed by atoms with Gasteiger partial charge in [0.1, 0.15) is 5.75 Å². The molecule has 1 aromatic carbocycles. The van der Waals surface area contributed by atoms with E-state index in [2.05, 4.69) is 13.8 Å². The second kappa shape index (κ2) is 29.9. The fourth-order valence-corrected chi connectivity index (χ4v) is 5.18. The predicted molar refractivity (Wildman–Crippen MR) is 175 cm³/mol. The standard InChI is InChI=1S/C33H57NO5.2K.2H/c1-3-5-7-9-11-13-15-17-19-24-28-34(29-25-20-18-16-14-12-10-8-6-4-2)33(31(35)36,32(37)38)39-30-26-22-21-23-27-30;;;;/h21-23,26-27H,3-20,24-25,28-29H2,1-2H3,(H,35,36)(H,37,38);;;;. The van der Waals surface area contributed by atoms with E-state index < -0.39 is 17.7 Å². The van der Waals surface area contributed by atoms with E-state index >= 15 is 0 Å². The third kappa shape index (κ3) is 20.0. The number of unbranched alkanes of at least 4 members (excludes halogenated alkanes) is 18. The van der Waals surface area contributed by atoms with Crippen molar-refractivity contribution < 1.29 is 24.5 Å². The number of nitrogens with zero attached hydrogens (tertiary/aromatic N) is 1. The molecule has 2 N–H and O–H groups in total. The Bertz CT molecular complexity index is 712. The molecule has 0 unspecified atom stereocenters. The van der Waals surface area contributed by atoms with E-state index in [9.17, 15) is 19.8 Å². The van der Waals surface area contributed by atoms with Gasteiger partial charge in [-0.05, 0) is 25.0 Å². The summed E-state index contributed by atoms with van der Waals surface area (Å²) in [5.41, 5.74) is -2.43. The Hall–Kier alpha value is 1.19. The number of ether oxygens (including phenoxy) is 1. The first kappa shape index (κ1) is 44.3. The van der Waals surface area contributed by atoms with Crippen LogP contribution in [0.3, 0.4) is 0 Å². The van der Waals surface area contributed by atoms with Crippen LogP contribution in [0, 0.1) is 0 Å². The van der Waals surface area contributed by atoms with Gasteiger partial charge in [0.2, 0.25) is 0 Å². The molecule has 41 heavy (non-hydrogen) atoms. The van der Waals surface area contributed by atoms with E-state index in [0.717, 1.165) is 38.5 Å². The van der Waals surface area contributed by atoms with Gasteiger partial charge < -0.3 is 14.9 Å². The van der Waals surface area contributed by atoms with Gasteiger partial charge in [-0.15, -0.1) is 0 Å². The quantitative estimate of drug-likeness (QED) is 0.0448. The Morgan fingerprint density at radius 1 is 0.585 bits per heavy atom. The average molecular weight is 628 g/mol. The molecule has 6 nitrogen and oxygen atoms in total. The number of carboxylic acid groups (broad SMARTS) is 2. The number of rotatable bonds is 27. The summed E-state index contributed by atoms with van der Waals surface area (Å²) in [5, 5.41) is 20.4. The van der Waals surface area contributed by atoms with Crippen molar-refractivity contribution in [3.8, 4) is 5.75 Å². The first-order valence-corrected chi connectivity index (χ1v) is 15.9. The van der Waals surface area contributed by atoms with Crippen LogP contribution in [0.5, 0.6) is 5.75 Å². The number of para-hydroxylation sites is 1. The van der Waals surface area contributed by atoms with E-state index in [1.807, 2.05) is 0 Å². The number of carbonyl (C=O) groups is 2. The molecule has 0 bridgehead atoms. The molecule has 0 aliphatic carbocycles. The molecule has 0 saturated carbocycles. The Kier molecular flexibility index (Phi) is 32.3. The summed E-state index contributed by atoms with van der Waals surface area (Å²) >= 11 is 0. The SMILES string of the molecule is CCCCCCCCCCCCN(CCCCCCCCCCCC)C(Oc1ccccc1)(C(=O)O)C(=O)O.[KH].[KH]. The molecule has 8 heteroatoms. The van der Waals surface area contributed by atoms with Crippen molar-refractivity contribution in [2.75, 3.05) is 13.1 Å². The summed E-state index contributed by atoms with van der Waals surface area (Å²) in [5.74, 6) is -2.70. The van der Waals surface area contributed by atoms with E-state index in [-0.39, 0.29) is 109 Å². The van der Waals surface area contributed by atoms with Crippen LogP contribution in [0.25, 0.3) is 0 Å². The summed E-state index contributed by atoms with van der Waals surface area (Å²) < 4.78 is 5.80. The van der Waals surface area contributed by atoms with Crippen LogP contribution in [0.1, 0.15) is 142 Å². The van der Waals surface area contributed by atoms with Crippen LogP contribution < -0.4 is 4.74 Å². The fourth-order valence-electron chi connectivity index (χ4n) is 5.18. The Balaban J connectivity index is 0. The summed E-state index contributed by atoms with van der Waals surface area (Å²) in [6.07, 6.45) is 23.4. The van der Waals surface area contributed by atoms with Crippen molar-refractivity contribution in [2.24, 2.45) is 0 Å². The molecular formula is C33H59K2NO5. The summed E-state index contributed by atoms with van der Waals surface area (Å²) in [4.78, 5) is 26.6. The molecule has 228 valence electrons. The first-order chi connectivity index (χ1) is 19.0. The molecule has 0 aromatic heterocycles. The molecule has 0 fully saturated rings. The molecule has 0 atom stereocenters. The van der Waals surface area contributed by atoms with Gasteiger partial charge in [0.15, 0.2) is 0 Å². The van der Waals surface area contributed by atoms with Gasteiger partial charge in [-0.1, -0.05) is 148 Å². The van der Waals surface area contributed by atoms with Crippen molar-refractivity contribution >= 4 is 115 Å². The minimum atomic E-state index is -2.43. The molecule has 0 heterocycles. The normalized spacial score (nSPS) is 11.1. The van der Waals surface area contributed by atoms with Crippen molar-refractivity contribution in [3.05, 3.63) is 30.3 Å². The van der Waals surface area contributed by atoms with Crippen LogP contribution in [0.15, 0.2) is 30.3 Å². The molecule has 1 rings (SSSR count). The summed E-state index contributed by atoms with van der Waals surface area (Å²) in [6, 6.07) is 8.46. The van der Waals surface area contributed by atoms with Gasteiger partial charge in [-0.2, -0.15) is 0 Å². The molecule has 0 spiro atoms. The van der Waals surface area contributed by atoms with E-state index in [1.165, 1.54) is 89.9 Å². The molecule has 1 aromatic rings. The van der Waals surface area contributed by atoms with Crippen molar-refractivity contribution in [2.45, 2.75) is 148 Å². The van der Waals surface area contributed by atoms with Gasteiger partial charge in [0.25, 0.3) is 0 Å². The number of benzene rings is 1. The first-order valence-electron chi connectivity index (χ1n) is 15.9. The van der Waals surface area contributed by atoms with Gasteiger partial charge in [0, 0.05) is 13.1 Å².